The van der Waals surface area contributed by atoms with Gasteiger partial charge < -0.3 is 20.1 Å². The number of hydrogen-bond donors (Lipinski definition) is 2. The lowest BCUT2D eigenvalue weighted by Crippen LogP contribution is -2.38. The van der Waals surface area contributed by atoms with Crippen molar-refractivity contribution in [2.75, 3.05) is 26.3 Å². The number of ether oxygens (including phenoxy) is 2. The summed E-state index contributed by atoms with van der Waals surface area (Å²) >= 11 is 7.23. The zero-order valence-corrected chi connectivity index (χ0v) is 17.2. The van der Waals surface area contributed by atoms with E-state index in [1.807, 2.05) is 13.0 Å². The van der Waals surface area contributed by atoms with Crippen molar-refractivity contribution in [3.05, 3.63) is 38.8 Å². The van der Waals surface area contributed by atoms with Gasteiger partial charge in [-0.25, -0.2) is 9.98 Å². The number of fused-ring (bicyclic) bond motifs is 1. The largest absolute Gasteiger partial charge is 0.486 e. The van der Waals surface area contributed by atoms with Crippen LogP contribution < -0.4 is 20.1 Å². The molecule has 2 heterocycles. The Bertz CT molecular complexity index is 873. The molecule has 0 atom stereocenters. The smallest absolute Gasteiger partial charge is 0.434 e. The van der Waals surface area contributed by atoms with Crippen LogP contribution in [0.1, 0.15) is 23.2 Å². The van der Waals surface area contributed by atoms with Crippen molar-refractivity contribution in [1.29, 1.82) is 0 Å². The SMILES string of the molecule is CCNC(=NCc1cc(Cl)c2c(c1)OCCO2)NCCc1nc(C(F)(F)F)cs1. The van der Waals surface area contributed by atoms with E-state index in [4.69, 9.17) is 21.1 Å². The summed E-state index contributed by atoms with van der Waals surface area (Å²) in [6, 6.07) is 3.61. The van der Waals surface area contributed by atoms with E-state index < -0.39 is 11.9 Å². The Morgan fingerprint density at radius 1 is 1.28 bits per heavy atom. The van der Waals surface area contributed by atoms with Gasteiger partial charge in [0.15, 0.2) is 23.2 Å². The topological polar surface area (TPSA) is 67.8 Å². The molecule has 0 saturated carbocycles. The van der Waals surface area contributed by atoms with Gasteiger partial charge in [-0.05, 0) is 24.6 Å². The predicted molar refractivity (Wildman–Crippen MR) is 106 cm³/mol. The minimum absolute atomic E-state index is 0.348. The minimum Gasteiger partial charge on any atom is -0.486 e. The van der Waals surface area contributed by atoms with E-state index in [1.165, 1.54) is 0 Å². The molecule has 0 saturated heterocycles. The summed E-state index contributed by atoms with van der Waals surface area (Å²) < 4.78 is 48.9. The molecule has 158 valence electrons. The lowest BCUT2D eigenvalue weighted by Gasteiger charge is -2.20. The van der Waals surface area contributed by atoms with Crippen LogP contribution >= 0.6 is 22.9 Å². The number of nitrogens with one attached hydrogen (secondary N) is 2. The van der Waals surface area contributed by atoms with Crippen LogP contribution in [0.3, 0.4) is 0 Å². The number of thiazole rings is 1. The molecule has 0 radical (unpaired) electrons. The second-order valence-corrected chi connectivity index (χ2v) is 7.45. The molecule has 1 aliphatic heterocycles. The average molecular weight is 449 g/mol. The lowest BCUT2D eigenvalue weighted by atomic mass is 10.2. The summed E-state index contributed by atoms with van der Waals surface area (Å²) in [5.41, 5.74) is -0.000226. The maximum absolute atomic E-state index is 12.6. The average Bonchev–Trinajstić information content (AvgIpc) is 3.16. The highest BCUT2D eigenvalue weighted by molar-refractivity contribution is 7.09. The first-order chi connectivity index (χ1) is 13.9. The summed E-state index contributed by atoms with van der Waals surface area (Å²) in [4.78, 5) is 8.11. The van der Waals surface area contributed by atoms with Crippen LogP contribution in [0.25, 0.3) is 0 Å². The molecule has 29 heavy (non-hydrogen) atoms. The molecule has 0 fully saturated rings. The number of alkyl halides is 3. The number of nitrogens with zero attached hydrogens (tertiary/aromatic N) is 2. The lowest BCUT2D eigenvalue weighted by molar-refractivity contribution is -0.140. The van der Waals surface area contributed by atoms with Crippen molar-refractivity contribution < 1.29 is 22.6 Å². The van der Waals surface area contributed by atoms with E-state index in [0.29, 0.717) is 66.8 Å². The summed E-state index contributed by atoms with van der Waals surface area (Å²) in [6.07, 6.45) is -4.05. The van der Waals surface area contributed by atoms with Gasteiger partial charge in [-0.3, -0.25) is 0 Å². The number of benzene rings is 1. The Morgan fingerprint density at radius 2 is 2.07 bits per heavy atom. The van der Waals surface area contributed by atoms with Crippen molar-refractivity contribution in [2.45, 2.75) is 26.1 Å². The molecule has 1 aromatic carbocycles. The van der Waals surface area contributed by atoms with Crippen LogP contribution in [0.5, 0.6) is 11.5 Å². The number of guanidine groups is 1. The second kappa shape index (κ2) is 9.53. The number of rotatable bonds is 6. The zero-order chi connectivity index (χ0) is 20.9. The van der Waals surface area contributed by atoms with E-state index in [2.05, 4.69) is 20.6 Å². The third-order valence-corrected chi connectivity index (χ3v) is 5.08. The Kier molecular flexibility index (Phi) is 7.07. The van der Waals surface area contributed by atoms with Crippen LogP contribution in [-0.2, 0) is 19.1 Å². The van der Waals surface area contributed by atoms with E-state index >= 15 is 0 Å². The minimum atomic E-state index is -4.41. The van der Waals surface area contributed by atoms with Crippen LogP contribution in [0.15, 0.2) is 22.5 Å². The van der Waals surface area contributed by atoms with Gasteiger partial charge in [-0.15, -0.1) is 11.3 Å². The Balaban J connectivity index is 1.58. The van der Waals surface area contributed by atoms with Crippen molar-refractivity contribution >= 4 is 28.9 Å². The van der Waals surface area contributed by atoms with Gasteiger partial charge in [-0.2, -0.15) is 13.2 Å². The number of aliphatic imine (C=N–C) groups is 1. The first-order valence-electron chi connectivity index (χ1n) is 8.98. The van der Waals surface area contributed by atoms with Gasteiger partial charge in [0.05, 0.1) is 16.6 Å². The summed E-state index contributed by atoms with van der Waals surface area (Å²) in [6.45, 7) is 4.24. The van der Waals surface area contributed by atoms with Gasteiger partial charge in [0, 0.05) is 24.9 Å². The van der Waals surface area contributed by atoms with Crippen molar-refractivity contribution in [2.24, 2.45) is 4.99 Å². The van der Waals surface area contributed by atoms with Crippen molar-refractivity contribution in [3.8, 4) is 11.5 Å². The highest BCUT2D eigenvalue weighted by atomic mass is 35.5. The molecule has 0 bridgehead atoms. The fourth-order valence-corrected chi connectivity index (χ4v) is 3.70. The van der Waals surface area contributed by atoms with Crippen molar-refractivity contribution in [3.63, 3.8) is 0 Å². The Labute approximate surface area is 175 Å². The first kappa shape index (κ1) is 21.5. The van der Waals surface area contributed by atoms with Gasteiger partial charge in [0.1, 0.15) is 13.2 Å². The van der Waals surface area contributed by atoms with Crippen LogP contribution in [0.2, 0.25) is 5.02 Å². The Hall–Kier alpha value is -2.20. The quantitative estimate of drug-likeness (QED) is 0.518. The molecular formula is C18H20ClF3N4O2S. The van der Waals surface area contributed by atoms with Gasteiger partial charge in [0.25, 0.3) is 0 Å². The van der Waals surface area contributed by atoms with E-state index in [-0.39, 0.29) is 0 Å². The fourth-order valence-electron chi connectivity index (χ4n) is 2.61. The maximum Gasteiger partial charge on any atom is 0.434 e. The number of aromatic nitrogens is 1. The maximum atomic E-state index is 12.6. The molecule has 2 N–H and O–H groups in total. The molecule has 1 aliphatic rings. The highest BCUT2D eigenvalue weighted by Crippen LogP contribution is 2.38. The molecule has 11 heteroatoms. The molecule has 0 amide bonds. The van der Waals surface area contributed by atoms with Crippen LogP contribution in [-0.4, -0.2) is 37.2 Å². The van der Waals surface area contributed by atoms with E-state index in [0.717, 1.165) is 22.3 Å². The normalized spacial score (nSPS) is 14.0. The fraction of sp³-hybridized carbons (Fsp3) is 0.444. The van der Waals surface area contributed by atoms with Gasteiger partial charge in [0.2, 0.25) is 0 Å². The molecule has 6 nitrogen and oxygen atoms in total. The monoisotopic (exact) mass is 448 g/mol. The van der Waals surface area contributed by atoms with Gasteiger partial charge >= 0.3 is 6.18 Å². The molecule has 1 aromatic heterocycles. The van der Waals surface area contributed by atoms with Crippen LogP contribution in [0.4, 0.5) is 13.2 Å². The first-order valence-corrected chi connectivity index (χ1v) is 10.2. The molecular weight excluding hydrogens is 429 g/mol. The standard InChI is InChI=1S/C18H20ClF3N4O2S/c1-2-23-17(24-4-3-15-26-14(10-29-15)18(20,21)22)25-9-11-7-12(19)16-13(8-11)27-5-6-28-16/h7-8,10H,2-6,9H2,1H3,(H2,23,24,25). The number of hydrogen-bond acceptors (Lipinski definition) is 5. The molecule has 3 rings (SSSR count). The molecule has 0 aliphatic carbocycles. The molecule has 2 aromatic rings. The predicted octanol–water partition coefficient (Wildman–Crippen LogP) is 3.88. The van der Waals surface area contributed by atoms with Crippen molar-refractivity contribution in [1.82, 2.24) is 15.6 Å². The van der Waals surface area contributed by atoms with E-state index in [9.17, 15) is 13.2 Å². The summed E-state index contributed by atoms with van der Waals surface area (Å²) in [7, 11) is 0. The zero-order valence-electron chi connectivity index (χ0n) is 15.6. The number of halogens is 4. The summed E-state index contributed by atoms with van der Waals surface area (Å²) in [5.74, 6) is 1.68. The molecule has 0 unspecified atom stereocenters. The summed E-state index contributed by atoms with van der Waals surface area (Å²) in [5, 5.41) is 8.11. The van der Waals surface area contributed by atoms with Crippen LogP contribution in [0, 0.1) is 0 Å². The highest BCUT2D eigenvalue weighted by Gasteiger charge is 2.33. The van der Waals surface area contributed by atoms with E-state index in [1.54, 1.807) is 6.07 Å². The third kappa shape index (κ3) is 5.89. The third-order valence-electron chi connectivity index (χ3n) is 3.89. The molecule has 0 spiro atoms. The second-order valence-electron chi connectivity index (χ2n) is 6.10. The van der Waals surface area contributed by atoms with Gasteiger partial charge in [-0.1, -0.05) is 11.6 Å². The Morgan fingerprint density at radius 3 is 2.79 bits per heavy atom.